The Balaban J connectivity index is 1.67. The molecule has 2 rings (SSSR count). The highest BCUT2D eigenvalue weighted by atomic mass is 32.2. The quantitative estimate of drug-likeness (QED) is 0.598. The fourth-order valence-electron chi connectivity index (χ4n) is 2.32. The Morgan fingerprint density at radius 3 is 2.23 bits per heavy atom. The van der Waals surface area contributed by atoms with Crippen molar-refractivity contribution in [3.8, 4) is 5.75 Å². The Labute approximate surface area is 153 Å². The number of nitrogens with one attached hydrogen (secondary N) is 2. The van der Waals surface area contributed by atoms with Crippen molar-refractivity contribution < 1.29 is 17.9 Å². The molecule has 0 unspecified atom stereocenters. The lowest BCUT2D eigenvalue weighted by Crippen LogP contribution is -2.34. The molecular weight excluding hydrogens is 354 g/mol. The van der Waals surface area contributed by atoms with Crippen molar-refractivity contribution in [3.63, 3.8) is 0 Å². The van der Waals surface area contributed by atoms with Crippen LogP contribution >= 0.6 is 0 Å². The molecule has 0 bridgehead atoms. The van der Waals surface area contributed by atoms with Gasteiger partial charge < -0.3 is 15.4 Å². The van der Waals surface area contributed by atoms with Gasteiger partial charge in [0, 0.05) is 13.1 Å². The summed E-state index contributed by atoms with van der Waals surface area (Å²) in [5, 5.41) is 10.9. The van der Waals surface area contributed by atoms with Crippen LogP contribution in [-0.2, 0) is 27.8 Å². The molecule has 0 spiro atoms. The van der Waals surface area contributed by atoms with Gasteiger partial charge >= 0.3 is 0 Å². The molecule has 26 heavy (non-hydrogen) atoms. The van der Waals surface area contributed by atoms with Crippen LogP contribution in [0, 0.1) is 0 Å². The van der Waals surface area contributed by atoms with Gasteiger partial charge in [-0.15, -0.1) is 0 Å². The van der Waals surface area contributed by atoms with E-state index in [0.717, 1.165) is 16.9 Å². The first-order chi connectivity index (χ1) is 12.4. The summed E-state index contributed by atoms with van der Waals surface area (Å²) in [7, 11) is -2.06. The lowest BCUT2D eigenvalue weighted by atomic mass is 10.1. The van der Waals surface area contributed by atoms with Gasteiger partial charge in [0.25, 0.3) is 0 Å². The maximum atomic E-state index is 11.8. The van der Waals surface area contributed by atoms with Crippen LogP contribution < -0.4 is 20.5 Å². The molecule has 0 radical (unpaired) electrons. The fourth-order valence-corrected chi connectivity index (χ4v) is 2.83. The zero-order valence-electron chi connectivity index (χ0n) is 14.6. The number of amides is 1. The van der Waals surface area contributed by atoms with Crippen LogP contribution in [0.25, 0.3) is 0 Å². The highest BCUT2D eigenvalue weighted by molar-refractivity contribution is 7.89. The second kappa shape index (κ2) is 9.33. The van der Waals surface area contributed by atoms with E-state index in [9.17, 15) is 13.2 Å². The predicted molar refractivity (Wildman–Crippen MR) is 99.2 cm³/mol. The molecule has 140 valence electrons. The molecule has 1 amide bonds. The smallest absolute Gasteiger partial charge is 0.238 e. The van der Waals surface area contributed by atoms with E-state index in [1.165, 1.54) is 12.1 Å². The third-order valence-electron chi connectivity index (χ3n) is 3.76. The Morgan fingerprint density at radius 1 is 1.04 bits per heavy atom. The van der Waals surface area contributed by atoms with Crippen molar-refractivity contribution in [2.75, 3.05) is 20.2 Å². The molecule has 0 aliphatic rings. The number of benzene rings is 2. The Bertz CT molecular complexity index is 819. The molecule has 0 aliphatic heterocycles. The van der Waals surface area contributed by atoms with Gasteiger partial charge in [0.1, 0.15) is 5.75 Å². The van der Waals surface area contributed by atoms with E-state index < -0.39 is 10.0 Å². The van der Waals surface area contributed by atoms with Gasteiger partial charge in [-0.2, -0.15) is 0 Å². The van der Waals surface area contributed by atoms with Gasteiger partial charge in [-0.1, -0.05) is 24.3 Å². The molecule has 2 aromatic rings. The number of sulfonamides is 1. The summed E-state index contributed by atoms with van der Waals surface area (Å²) in [6, 6.07) is 13.9. The Kier molecular flexibility index (Phi) is 7.14. The van der Waals surface area contributed by atoms with Crippen molar-refractivity contribution in [1.29, 1.82) is 0 Å². The predicted octanol–water partition coefficient (Wildman–Crippen LogP) is 0.791. The minimum Gasteiger partial charge on any atom is -0.497 e. The lowest BCUT2D eigenvalue weighted by Gasteiger charge is -2.08. The van der Waals surface area contributed by atoms with Crippen LogP contribution in [-0.4, -0.2) is 34.5 Å². The molecule has 0 atom stereocenters. The first kappa shape index (κ1) is 19.9. The summed E-state index contributed by atoms with van der Waals surface area (Å²) in [6.45, 7) is 1.28. The van der Waals surface area contributed by atoms with Gasteiger partial charge in [0.15, 0.2) is 0 Å². The number of hydrogen-bond donors (Lipinski definition) is 3. The summed E-state index contributed by atoms with van der Waals surface area (Å²) in [5.41, 5.74) is 1.98. The lowest BCUT2D eigenvalue weighted by molar-refractivity contribution is -0.120. The zero-order valence-corrected chi connectivity index (χ0v) is 15.4. The molecule has 0 heterocycles. The van der Waals surface area contributed by atoms with Crippen LogP contribution in [0.5, 0.6) is 5.75 Å². The van der Waals surface area contributed by atoms with E-state index in [1.54, 1.807) is 19.2 Å². The zero-order chi connectivity index (χ0) is 19.0. The fraction of sp³-hybridized carbons (Fsp3) is 0.278. The number of ether oxygens (including phenoxy) is 1. The average molecular weight is 377 g/mol. The number of carbonyl (C=O) groups is 1. The summed E-state index contributed by atoms with van der Waals surface area (Å²) < 4.78 is 27.5. The van der Waals surface area contributed by atoms with Crippen molar-refractivity contribution in [2.45, 2.75) is 17.9 Å². The van der Waals surface area contributed by atoms with Crippen LogP contribution in [0.2, 0.25) is 0 Å². The number of nitrogens with two attached hydrogens (primary N) is 1. The summed E-state index contributed by atoms with van der Waals surface area (Å²) in [6.07, 6.45) is 0.606. The molecule has 0 aliphatic carbocycles. The Morgan fingerprint density at radius 2 is 1.65 bits per heavy atom. The highest BCUT2D eigenvalue weighted by Gasteiger charge is 2.07. The largest absolute Gasteiger partial charge is 0.497 e. The van der Waals surface area contributed by atoms with Gasteiger partial charge in [0.2, 0.25) is 15.9 Å². The molecule has 0 fully saturated rings. The van der Waals surface area contributed by atoms with Gasteiger partial charge in [-0.25, -0.2) is 13.6 Å². The van der Waals surface area contributed by atoms with Gasteiger partial charge in [-0.05, 0) is 41.8 Å². The summed E-state index contributed by atoms with van der Waals surface area (Å²) in [4.78, 5) is 11.9. The number of hydrogen-bond acceptors (Lipinski definition) is 5. The third-order valence-corrected chi connectivity index (χ3v) is 4.69. The van der Waals surface area contributed by atoms with E-state index in [0.29, 0.717) is 19.5 Å². The van der Waals surface area contributed by atoms with Crippen LogP contribution in [0.1, 0.15) is 11.1 Å². The second-order valence-electron chi connectivity index (χ2n) is 5.74. The first-order valence-electron chi connectivity index (χ1n) is 8.10. The molecule has 4 N–H and O–H groups in total. The van der Waals surface area contributed by atoms with Gasteiger partial charge in [0.05, 0.1) is 18.6 Å². The summed E-state index contributed by atoms with van der Waals surface area (Å²) >= 11 is 0. The maximum Gasteiger partial charge on any atom is 0.238 e. The normalized spacial score (nSPS) is 11.2. The maximum absolute atomic E-state index is 11.8. The highest BCUT2D eigenvalue weighted by Crippen LogP contribution is 2.11. The van der Waals surface area contributed by atoms with Crippen molar-refractivity contribution in [3.05, 3.63) is 59.7 Å². The van der Waals surface area contributed by atoms with E-state index in [4.69, 9.17) is 9.88 Å². The van der Waals surface area contributed by atoms with E-state index in [2.05, 4.69) is 10.6 Å². The minimum atomic E-state index is -3.68. The van der Waals surface area contributed by atoms with E-state index in [1.807, 2.05) is 24.3 Å². The molecule has 0 saturated heterocycles. The van der Waals surface area contributed by atoms with Crippen LogP contribution in [0.3, 0.4) is 0 Å². The minimum absolute atomic E-state index is 0.0769. The summed E-state index contributed by atoms with van der Waals surface area (Å²) in [5.74, 6) is 0.697. The second-order valence-corrected chi connectivity index (χ2v) is 7.30. The average Bonchev–Trinajstić information content (AvgIpc) is 2.62. The van der Waals surface area contributed by atoms with E-state index >= 15 is 0 Å². The number of carbonyl (C=O) groups excluding carboxylic acids is 1. The van der Waals surface area contributed by atoms with Gasteiger partial charge in [-0.3, -0.25) is 4.79 Å². The van der Waals surface area contributed by atoms with E-state index in [-0.39, 0.29) is 17.3 Å². The number of methoxy groups -OCH3 is 1. The van der Waals surface area contributed by atoms with Crippen molar-refractivity contribution in [2.24, 2.45) is 5.14 Å². The first-order valence-corrected chi connectivity index (χ1v) is 9.65. The van der Waals surface area contributed by atoms with Crippen LogP contribution in [0.15, 0.2) is 53.4 Å². The topological polar surface area (TPSA) is 111 Å². The molecular formula is C18H23N3O4S. The SMILES string of the molecule is COc1ccc(CNCC(=O)NCCc2ccc(S(N)(=O)=O)cc2)cc1. The molecule has 0 saturated carbocycles. The number of primary sulfonamides is 1. The van der Waals surface area contributed by atoms with Crippen molar-refractivity contribution in [1.82, 2.24) is 10.6 Å². The Hall–Kier alpha value is -2.42. The van der Waals surface area contributed by atoms with Crippen molar-refractivity contribution >= 4 is 15.9 Å². The molecule has 8 heteroatoms. The monoisotopic (exact) mass is 377 g/mol. The van der Waals surface area contributed by atoms with Crippen LogP contribution in [0.4, 0.5) is 0 Å². The third kappa shape index (κ3) is 6.47. The number of rotatable bonds is 9. The molecule has 2 aromatic carbocycles. The standard InChI is InChI=1S/C18H23N3O4S/c1-25-16-6-2-15(3-7-16)12-20-13-18(22)21-11-10-14-4-8-17(9-5-14)26(19,23)24/h2-9,20H,10-13H2,1H3,(H,21,22)(H2,19,23,24). The molecule has 0 aromatic heterocycles. The molecule has 7 nitrogen and oxygen atoms in total.